The largest absolute Gasteiger partial charge is 0.455 e. The van der Waals surface area contributed by atoms with Crippen LogP contribution in [0.4, 0.5) is 17.1 Å². The van der Waals surface area contributed by atoms with Crippen molar-refractivity contribution in [2.24, 2.45) is 0 Å². The molecular formula is C54H36N2O. The summed E-state index contributed by atoms with van der Waals surface area (Å²) in [6.07, 6.45) is 0. The maximum absolute atomic E-state index is 6.50. The number of nitrogens with zero attached hydrogens (tertiary/aromatic N) is 2. The molecule has 0 unspecified atom stereocenters. The van der Waals surface area contributed by atoms with Crippen LogP contribution in [0.1, 0.15) is 0 Å². The second-order valence-corrected chi connectivity index (χ2v) is 14.5. The van der Waals surface area contributed by atoms with Gasteiger partial charge in [0.2, 0.25) is 0 Å². The SMILES string of the molecule is c1ccc(-c2ccc(N(c3ccc(-c4ccc5oc6c(-c7ccccc7)cccc6c5c4)cc3)c3cccc4c3c3ccccc3n4-c3ccccc3)cc2)cc1. The summed E-state index contributed by atoms with van der Waals surface area (Å²) in [6, 6.07) is 78.0. The van der Waals surface area contributed by atoms with E-state index in [1.165, 1.54) is 32.9 Å². The van der Waals surface area contributed by atoms with Crippen molar-refractivity contribution >= 4 is 60.8 Å². The fourth-order valence-electron chi connectivity index (χ4n) is 8.53. The number of fused-ring (bicyclic) bond motifs is 6. The van der Waals surface area contributed by atoms with Gasteiger partial charge in [-0.2, -0.15) is 0 Å². The zero-order valence-corrected chi connectivity index (χ0v) is 31.1. The van der Waals surface area contributed by atoms with Crippen LogP contribution in [-0.4, -0.2) is 4.57 Å². The highest BCUT2D eigenvalue weighted by Gasteiger charge is 2.21. The van der Waals surface area contributed by atoms with Crippen molar-refractivity contribution in [3.8, 4) is 39.1 Å². The van der Waals surface area contributed by atoms with Crippen LogP contribution in [0.25, 0.3) is 82.8 Å². The number of rotatable bonds is 7. The molecule has 0 atom stereocenters. The molecule has 57 heavy (non-hydrogen) atoms. The van der Waals surface area contributed by atoms with E-state index < -0.39 is 0 Å². The third-order valence-electron chi connectivity index (χ3n) is 11.2. The van der Waals surface area contributed by atoms with Crippen molar-refractivity contribution in [2.45, 2.75) is 0 Å². The van der Waals surface area contributed by atoms with E-state index >= 15 is 0 Å². The van der Waals surface area contributed by atoms with E-state index in [4.69, 9.17) is 4.42 Å². The lowest BCUT2D eigenvalue weighted by Gasteiger charge is -2.27. The second-order valence-electron chi connectivity index (χ2n) is 14.5. The number of benzene rings is 9. The van der Waals surface area contributed by atoms with Gasteiger partial charge in [0.15, 0.2) is 0 Å². The van der Waals surface area contributed by atoms with Crippen LogP contribution in [-0.2, 0) is 0 Å². The van der Waals surface area contributed by atoms with Crippen molar-refractivity contribution in [3.05, 3.63) is 218 Å². The number of para-hydroxylation sites is 3. The molecule has 0 bridgehead atoms. The maximum Gasteiger partial charge on any atom is 0.143 e. The second kappa shape index (κ2) is 13.6. The van der Waals surface area contributed by atoms with Gasteiger partial charge >= 0.3 is 0 Å². The normalized spacial score (nSPS) is 11.5. The predicted octanol–water partition coefficient (Wildman–Crippen LogP) is 15.2. The standard InChI is InChI=1S/C54H36N2O/c1-4-14-37(15-5-1)38-26-31-43(32-27-38)55(50-24-13-25-51-53(50)47-20-10-11-23-49(47)56(51)42-18-8-3-9-19-42)44-33-28-39(29-34-44)41-30-35-52-48(36-41)46-22-12-21-45(54(46)57-52)40-16-6-2-7-17-40/h1-36H. The average Bonchev–Trinajstić information content (AvgIpc) is 3.84. The zero-order valence-electron chi connectivity index (χ0n) is 31.1. The van der Waals surface area contributed by atoms with Crippen molar-refractivity contribution < 1.29 is 4.42 Å². The Morgan fingerprint density at radius 3 is 1.63 bits per heavy atom. The van der Waals surface area contributed by atoms with Gasteiger partial charge in [0.1, 0.15) is 11.2 Å². The molecule has 0 aliphatic carbocycles. The number of hydrogen-bond donors (Lipinski definition) is 0. The molecule has 2 aromatic heterocycles. The fourth-order valence-corrected chi connectivity index (χ4v) is 8.53. The van der Waals surface area contributed by atoms with Crippen LogP contribution in [0.3, 0.4) is 0 Å². The van der Waals surface area contributed by atoms with Gasteiger partial charge in [-0.25, -0.2) is 0 Å². The molecule has 0 aliphatic heterocycles. The van der Waals surface area contributed by atoms with Crippen LogP contribution in [0, 0.1) is 0 Å². The molecule has 0 aliphatic rings. The number of furan rings is 1. The van der Waals surface area contributed by atoms with Gasteiger partial charge < -0.3 is 13.9 Å². The molecule has 0 fully saturated rings. The van der Waals surface area contributed by atoms with Gasteiger partial charge in [-0.1, -0.05) is 152 Å². The zero-order chi connectivity index (χ0) is 37.7. The van der Waals surface area contributed by atoms with E-state index in [9.17, 15) is 0 Å². The summed E-state index contributed by atoms with van der Waals surface area (Å²) in [5, 5.41) is 4.66. The molecule has 9 aromatic carbocycles. The van der Waals surface area contributed by atoms with E-state index in [2.05, 4.69) is 222 Å². The van der Waals surface area contributed by atoms with Gasteiger partial charge in [0.05, 0.1) is 16.7 Å². The molecule has 11 aromatic rings. The first-order chi connectivity index (χ1) is 28.3. The fraction of sp³-hybridized carbons (Fsp3) is 0. The van der Waals surface area contributed by atoms with Gasteiger partial charge in [-0.05, 0) is 94.5 Å². The monoisotopic (exact) mass is 728 g/mol. The Morgan fingerprint density at radius 2 is 0.912 bits per heavy atom. The minimum Gasteiger partial charge on any atom is -0.455 e. The number of aromatic nitrogens is 1. The summed E-state index contributed by atoms with van der Waals surface area (Å²) in [4.78, 5) is 2.40. The quantitative estimate of drug-likeness (QED) is 0.163. The first-order valence-electron chi connectivity index (χ1n) is 19.4. The summed E-state index contributed by atoms with van der Waals surface area (Å²) in [5.74, 6) is 0. The lowest BCUT2D eigenvalue weighted by atomic mass is 10.00. The molecule has 268 valence electrons. The van der Waals surface area contributed by atoms with Gasteiger partial charge in [-0.15, -0.1) is 0 Å². The van der Waals surface area contributed by atoms with Crippen LogP contribution in [0.15, 0.2) is 223 Å². The molecule has 3 heteroatoms. The Labute approximate surface area is 330 Å². The Kier molecular flexibility index (Phi) is 7.82. The van der Waals surface area contributed by atoms with Crippen molar-refractivity contribution in [2.75, 3.05) is 4.90 Å². The maximum atomic E-state index is 6.50. The predicted molar refractivity (Wildman–Crippen MR) is 239 cm³/mol. The van der Waals surface area contributed by atoms with Crippen molar-refractivity contribution in [3.63, 3.8) is 0 Å². The topological polar surface area (TPSA) is 21.3 Å². The number of anilines is 3. The summed E-state index contributed by atoms with van der Waals surface area (Å²) >= 11 is 0. The minimum absolute atomic E-state index is 0.890. The molecule has 3 nitrogen and oxygen atoms in total. The highest BCUT2D eigenvalue weighted by atomic mass is 16.3. The molecule has 0 amide bonds. The lowest BCUT2D eigenvalue weighted by Crippen LogP contribution is -2.10. The summed E-state index contributed by atoms with van der Waals surface area (Å²) in [5.41, 5.74) is 15.5. The molecule has 0 saturated carbocycles. The third kappa shape index (κ3) is 5.60. The summed E-state index contributed by atoms with van der Waals surface area (Å²) < 4.78 is 8.88. The lowest BCUT2D eigenvalue weighted by molar-refractivity contribution is 0.670. The van der Waals surface area contributed by atoms with E-state index in [-0.39, 0.29) is 0 Å². The molecule has 11 rings (SSSR count). The first kappa shape index (κ1) is 32.8. The van der Waals surface area contributed by atoms with E-state index in [1.807, 2.05) is 6.07 Å². The molecule has 2 heterocycles. The highest BCUT2D eigenvalue weighted by molar-refractivity contribution is 6.16. The molecule has 0 N–H and O–H groups in total. The average molecular weight is 729 g/mol. The Balaban J connectivity index is 1.05. The summed E-state index contributed by atoms with van der Waals surface area (Å²) in [6.45, 7) is 0. The van der Waals surface area contributed by atoms with Crippen LogP contribution >= 0.6 is 0 Å². The Hall–Kier alpha value is -7.62. The van der Waals surface area contributed by atoms with E-state index in [0.717, 1.165) is 66.9 Å². The van der Waals surface area contributed by atoms with Gasteiger partial charge in [0, 0.05) is 44.2 Å². The van der Waals surface area contributed by atoms with Crippen LogP contribution < -0.4 is 4.90 Å². The van der Waals surface area contributed by atoms with Crippen molar-refractivity contribution in [1.29, 1.82) is 0 Å². The molecule has 0 radical (unpaired) electrons. The first-order valence-corrected chi connectivity index (χ1v) is 19.4. The van der Waals surface area contributed by atoms with Gasteiger partial charge in [-0.3, -0.25) is 0 Å². The number of hydrogen-bond acceptors (Lipinski definition) is 2. The van der Waals surface area contributed by atoms with E-state index in [1.54, 1.807) is 0 Å². The smallest absolute Gasteiger partial charge is 0.143 e. The highest BCUT2D eigenvalue weighted by Crippen LogP contribution is 2.45. The van der Waals surface area contributed by atoms with Gasteiger partial charge in [0.25, 0.3) is 0 Å². The molecule has 0 spiro atoms. The van der Waals surface area contributed by atoms with E-state index in [0.29, 0.717) is 0 Å². The minimum atomic E-state index is 0.890. The van der Waals surface area contributed by atoms with Crippen molar-refractivity contribution in [1.82, 2.24) is 4.57 Å². The molecule has 0 saturated heterocycles. The Bertz CT molecular complexity index is 3200. The Morgan fingerprint density at radius 1 is 0.368 bits per heavy atom. The third-order valence-corrected chi connectivity index (χ3v) is 11.2. The molecular weight excluding hydrogens is 693 g/mol. The summed E-state index contributed by atoms with van der Waals surface area (Å²) in [7, 11) is 0. The van der Waals surface area contributed by atoms with Crippen LogP contribution in [0.5, 0.6) is 0 Å². The van der Waals surface area contributed by atoms with Crippen LogP contribution in [0.2, 0.25) is 0 Å².